The zero-order chi connectivity index (χ0) is 17.9. The summed E-state index contributed by atoms with van der Waals surface area (Å²) in [4.78, 5) is 4.74. The van der Waals surface area contributed by atoms with E-state index < -0.39 is 0 Å². The van der Waals surface area contributed by atoms with Gasteiger partial charge in [-0.05, 0) is 37.3 Å². The highest BCUT2D eigenvalue weighted by Crippen LogP contribution is 2.37. The van der Waals surface area contributed by atoms with Crippen LogP contribution in [-0.4, -0.2) is 41.6 Å². The molecule has 0 N–H and O–H groups in total. The second-order valence-electron chi connectivity index (χ2n) is 7.50. The quantitative estimate of drug-likeness (QED) is 0.733. The number of piperidine rings is 1. The molecule has 1 spiro atoms. The van der Waals surface area contributed by atoms with Gasteiger partial charge in [-0.1, -0.05) is 37.8 Å². The van der Waals surface area contributed by atoms with Crippen LogP contribution in [0.5, 0.6) is 0 Å². The summed E-state index contributed by atoms with van der Waals surface area (Å²) in [6, 6.07) is 0.276. The molecule has 0 aromatic rings. The van der Waals surface area contributed by atoms with Crippen LogP contribution in [0.2, 0.25) is 0 Å². The van der Waals surface area contributed by atoms with E-state index in [2.05, 4.69) is 67.8 Å². The van der Waals surface area contributed by atoms with Crippen molar-refractivity contribution in [1.29, 1.82) is 0 Å². The maximum Gasteiger partial charge on any atom is 0.112 e. The van der Waals surface area contributed by atoms with Gasteiger partial charge in [-0.3, -0.25) is 0 Å². The number of hydrogen-bond donors (Lipinski definition) is 0. The molecular formula is C22H32N2O. The van der Waals surface area contributed by atoms with Gasteiger partial charge in [0, 0.05) is 44.9 Å². The number of hydrogen-bond acceptors (Lipinski definition) is 3. The molecule has 3 aliphatic heterocycles. The molecule has 1 atom stereocenters. The third-order valence-corrected chi connectivity index (χ3v) is 5.84. The Labute approximate surface area is 153 Å². The Morgan fingerprint density at radius 2 is 2.12 bits per heavy atom. The van der Waals surface area contributed by atoms with Crippen LogP contribution in [-0.2, 0) is 4.74 Å². The van der Waals surface area contributed by atoms with Gasteiger partial charge in [0.25, 0.3) is 0 Å². The Bertz CT molecular complexity index is 618. The number of allylic oxidation sites excluding steroid dienone is 5. The first-order chi connectivity index (χ1) is 12.1. The van der Waals surface area contributed by atoms with Crippen molar-refractivity contribution in [3.05, 3.63) is 60.2 Å². The Morgan fingerprint density at radius 3 is 2.68 bits per heavy atom. The van der Waals surface area contributed by atoms with E-state index in [1.165, 1.54) is 16.8 Å². The molecule has 0 aromatic heterocycles. The summed E-state index contributed by atoms with van der Waals surface area (Å²) in [7, 11) is 2.15. The predicted molar refractivity (Wildman–Crippen MR) is 105 cm³/mol. The maximum absolute atomic E-state index is 6.19. The van der Waals surface area contributed by atoms with Crippen LogP contribution in [0.25, 0.3) is 0 Å². The molecule has 3 aliphatic rings. The topological polar surface area (TPSA) is 15.7 Å². The molecule has 3 nitrogen and oxygen atoms in total. The van der Waals surface area contributed by atoms with E-state index in [9.17, 15) is 0 Å². The molecule has 0 saturated carbocycles. The van der Waals surface area contributed by atoms with E-state index in [1.807, 2.05) is 6.26 Å². The van der Waals surface area contributed by atoms with Crippen LogP contribution in [0.15, 0.2) is 60.2 Å². The first-order valence-corrected chi connectivity index (χ1v) is 9.61. The Balaban J connectivity index is 1.57. The number of likely N-dealkylation sites (N-methyl/N-ethyl adjacent to an activating group) is 1. The average molecular weight is 341 g/mol. The van der Waals surface area contributed by atoms with Gasteiger partial charge in [-0.25, -0.2) is 0 Å². The smallest absolute Gasteiger partial charge is 0.112 e. The molecule has 3 heteroatoms. The fraction of sp³-hybridized carbons (Fsp3) is 0.545. The lowest BCUT2D eigenvalue weighted by Crippen LogP contribution is -2.48. The minimum Gasteiger partial charge on any atom is -0.494 e. The first kappa shape index (κ1) is 17.9. The van der Waals surface area contributed by atoms with E-state index >= 15 is 0 Å². The number of rotatable bonds is 4. The first-order valence-electron chi connectivity index (χ1n) is 9.61. The normalized spacial score (nSPS) is 25.8. The monoisotopic (exact) mass is 340 g/mol. The summed E-state index contributed by atoms with van der Waals surface area (Å²) in [5.41, 5.74) is 3.95. The zero-order valence-electron chi connectivity index (χ0n) is 16.0. The minimum atomic E-state index is 0.0471. The summed E-state index contributed by atoms with van der Waals surface area (Å²) >= 11 is 0. The summed E-state index contributed by atoms with van der Waals surface area (Å²) in [5.74, 6) is 0. The fourth-order valence-corrected chi connectivity index (χ4v) is 4.07. The van der Waals surface area contributed by atoms with E-state index in [0.717, 1.165) is 45.2 Å². The number of likely N-dealkylation sites (tertiary alicyclic amines) is 1. The Hall–Kier alpha value is -1.90. The van der Waals surface area contributed by atoms with Crippen LogP contribution in [0.1, 0.15) is 46.0 Å². The van der Waals surface area contributed by atoms with Crippen molar-refractivity contribution in [2.75, 3.05) is 20.1 Å². The van der Waals surface area contributed by atoms with Crippen molar-refractivity contribution >= 4 is 0 Å². The van der Waals surface area contributed by atoms with Gasteiger partial charge in [0.2, 0.25) is 0 Å². The summed E-state index contributed by atoms with van der Waals surface area (Å²) < 4.78 is 6.19. The number of ether oxygens (including phenoxy) is 1. The van der Waals surface area contributed by atoms with Gasteiger partial charge in [-0.2, -0.15) is 0 Å². The van der Waals surface area contributed by atoms with E-state index in [4.69, 9.17) is 4.74 Å². The van der Waals surface area contributed by atoms with E-state index in [-0.39, 0.29) is 11.6 Å². The van der Waals surface area contributed by atoms with Gasteiger partial charge in [0.1, 0.15) is 5.60 Å². The predicted octanol–water partition coefficient (Wildman–Crippen LogP) is 4.77. The molecule has 0 aromatic carbocycles. The van der Waals surface area contributed by atoms with Gasteiger partial charge < -0.3 is 14.5 Å². The van der Waals surface area contributed by atoms with Crippen LogP contribution in [0.3, 0.4) is 0 Å². The molecule has 3 heterocycles. The van der Waals surface area contributed by atoms with Crippen molar-refractivity contribution < 1.29 is 4.74 Å². The molecule has 1 saturated heterocycles. The fourth-order valence-electron chi connectivity index (χ4n) is 4.07. The third-order valence-electron chi connectivity index (χ3n) is 5.84. The lowest BCUT2D eigenvalue weighted by Gasteiger charge is -2.46. The average Bonchev–Trinajstić information content (AvgIpc) is 2.64. The third kappa shape index (κ3) is 3.86. The van der Waals surface area contributed by atoms with Crippen LogP contribution in [0, 0.1) is 0 Å². The lowest BCUT2D eigenvalue weighted by atomic mass is 9.83. The van der Waals surface area contributed by atoms with Crippen LogP contribution < -0.4 is 0 Å². The standard InChI is InChI=1S/C22H32N2O/c1-5-7-20-10-11-22(25-17-20)12-14-24(15-13-22)18(3)21-9-8-19(6-2)16-23(21)4/h5,7-9,16-17,21H,3,6,10-15H2,1-2,4H3/b7-5-. The molecule has 3 rings (SSSR count). The van der Waals surface area contributed by atoms with Crippen LogP contribution in [0.4, 0.5) is 0 Å². The molecule has 0 bridgehead atoms. The lowest BCUT2D eigenvalue weighted by molar-refractivity contribution is -0.0431. The van der Waals surface area contributed by atoms with Crippen molar-refractivity contribution in [3.8, 4) is 0 Å². The van der Waals surface area contributed by atoms with Gasteiger partial charge in [0.15, 0.2) is 0 Å². The second-order valence-corrected chi connectivity index (χ2v) is 7.50. The minimum absolute atomic E-state index is 0.0471. The van der Waals surface area contributed by atoms with Crippen LogP contribution >= 0.6 is 0 Å². The molecule has 0 aliphatic carbocycles. The molecule has 0 radical (unpaired) electrons. The Morgan fingerprint density at radius 1 is 1.36 bits per heavy atom. The summed E-state index contributed by atoms with van der Waals surface area (Å²) in [6.07, 6.45) is 18.5. The summed E-state index contributed by atoms with van der Waals surface area (Å²) in [5, 5.41) is 0. The molecular weight excluding hydrogens is 308 g/mol. The molecule has 1 unspecified atom stereocenters. The number of nitrogens with zero attached hydrogens (tertiary/aromatic N) is 2. The van der Waals surface area contributed by atoms with Crippen molar-refractivity contribution in [2.24, 2.45) is 0 Å². The van der Waals surface area contributed by atoms with Gasteiger partial charge >= 0.3 is 0 Å². The highest BCUT2D eigenvalue weighted by molar-refractivity contribution is 5.29. The largest absolute Gasteiger partial charge is 0.494 e. The molecule has 0 amide bonds. The van der Waals surface area contributed by atoms with E-state index in [1.54, 1.807) is 0 Å². The van der Waals surface area contributed by atoms with Crippen molar-refractivity contribution in [2.45, 2.75) is 57.6 Å². The summed E-state index contributed by atoms with van der Waals surface area (Å²) in [6.45, 7) is 10.7. The van der Waals surface area contributed by atoms with Gasteiger partial charge in [-0.15, -0.1) is 0 Å². The highest BCUT2D eigenvalue weighted by atomic mass is 16.5. The van der Waals surface area contributed by atoms with E-state index in [0.29, 0.717) is 0 Å². The maximum atomic E-state index is 6.19. The molecule has 25 heavy (non-hydrogen) atoms. The van der Waals surface area contributed by atoms with Crippen molar-refractivity contribution in [1.82, 2.24) is 9.80 Å². The zero-order valence-corrected chi connectivity index (χ0v) is 16.0. The van der Waals surface area contributed by atoms with Crippen molar-refractivity contribution in [3.63, 3.8) is 0 Å². The highest BCUT2D eigenvalue weighted by Gasteiger charge is 2.38. The second kappa shape index (κ2) is 7.55. The SMILES string of the molecule is C=C(C1C=CC(CC)=CN1C)N1CCC2(CCC(/C=C\C)=CO2)CC1. The molecule has 1 fully saturated rings. The van der Waals surface area contributed by atoms with Gasteiger partial charge in [0.05, 0.1) is 12.3 Å². The Kier molecular flexibility index (Phi) is 5.41. The molecule has 136 valence electrons.